The number of guanidine groups is 1. The van der Waals surface area contributed by atoms with E-state index < -0.39 is 0 Å². The summed E-state index contributed by atoms with van der Waals surface area (Å²) in [5.41, 5.74) is 5.70. The Balaban J connectivity index is 1.61. The van der Waals surface area contributed by atoms with E-state index >= 15 is 0 Å². The first kappa shape index (κ1) is 14.4. The van der Waals surface area contributed by atoms with Gasteiger partial charge < -0.3 is 5.32 Å². The molecule has 0 bridgehead atoms. The molecule has 1 atom stereocenters. The van der Waals surface area contributed by atoms with E-state index in [-0.39, 0.29) is 0 Å². The molecule has 4 N–H and O–H groups in total. The summed E-state index contributed by atoms with van der Waals surface area (Å²) in [4.78, 5) is 4.77. The van der Waals surface area contributed by atoms with Gasteiger partial charge in [-0.05, 0) is 43.2 Å². The van der Waals surface area contributed by atoms with E-state index in [1.807, 2.05) is 0 Å². The lowest BCUT2D eigenvalue weighted by Gasteiger charge is -2.27. The van der Waals surface area contributed by atoms with Crippen molar-refractivity contribution in [3.05, 3.63) is 35.4 Å². The normalized spacial score (nSPS) is 23.5. The lowest BCUT2D eigenvalue weighted by molar-refractivity contribution is 0.438. The molecule has 0 aromatic heterocycles. The molecule has 1 saturated carbocycles. The van der Waals surface area contributed by atoms with Gasteiger partial charge in [-0.25, -0.2) is 10.8 Å². The highest BCUT2D eigenvalue weighted by Crippen LogP contribution is 2.22. The lowest BCUT2D eigenvalue weighted by atomic mass is 9.88. The maximum absolute atomic E-state index is 5.66. The number of aryl methyl sites for hydroxylation is 1. The average Bonchev–Trinajstić information content (AvgIpc) is 2.55. The van der Waals surface area contributed by atoms with Crippen molar-refractivity contribution in [2.24, 2.45) is 10.8 Å². The van der Waals surface area contributed by atoms with Crippen LogP contribution in [-0.4, -0.2) is 18.0 Å². The van der Waals surface area contributed by atoms with Crippen LogP contribution in [0.25, 0.3) is 0 Å². The van der Waals surface area contributed by atoms with Crippen molar-refractivity contribution in [1.82, 2.24) is 10.7 Å². The van der Waals surface area contributed by atoms with Crippen molar-refractivity contribution in [1.29, 1.82) is 0 Å². The molecule has 0 radical (unpaired) electrons. The Labute approximate surface area is 127 Å². The molecule has 3 rings (SSSR count). The maximum atomic E-state index is 5.66. The van der Waals surface area contributed by atoms with Gasteiger partial charge in [0.05, 0.1) is 6.04 Å². The molecule has 1 aromatic rings. The van der Waals surface area contributed by atoms with E-state index in [0.717, 1.165) is 25.2 Å². The van der Waals surface area contributed by atoms with Gasteiger partial charge in [0.1, 0.15) is 0 Å². The van der Waals surface area contributed by atoms with Crippen molar-refractivity contribution < 1.29 is 0 Å². The first-order chi connectivity index (χ1) is 10.3. The molecule has 1 aromatic carbocycles. The zero-order chi connectivity index (χ0) is 14.5. The summed E-state index contributed by atoms with van der Waals surface area (Å²) >= 11 is 0. The lowest BCUT2D eigenvalue weighted by Crippen LogP contribution is -2.48. The number of benzene rings is 1. The van der Waals surface area contributed by atoms with Gasteiger partial charge in [0, 0.05) is 6.04 Å². The standard InChI is InChI=1S/C17H26N4/c18-21-17(19-15-8-2-1-3-9-15)20-16-11-10-13-6-4-5-7-14(13)12-16/h4-7,15-16H,1-3,8-12,18H2,(H2,19,20,21). The molecule has 21 heavy (non-hydrogen) atoms. The third-order valence-electron chi connectivity index (χ3n) is 4.71. The van der Waals surface area contributed by atoms with E-state index in [2.05, 4.69) is 35.0 Å². The van der Waals surface area contributed by atoms with Gasteiger partial charge in [-0.1, -0.05) is 43.5 Å². The number of hydrogen-bond acceptors (Lipinski definition) is 2. The molecule has 0 spiro atoms. The molecule has 2 aliphatic rings. The number of rotatable bonds is 2. The summed E-state index contributed by atoms with van der Waals surface area (Å²) in [6.07, 6.45) is 9.66. The van der Waals surface area contributed by atoms with Crippen molar-refractivity contribution in [3.8, 4) is 0 Å². The summed E-state index contributed by atoms with van der Waals surface area (Å²) < 4.78 is 0. The maximum Gasteiger partial charge on any atom is 0.206 e. The molecule has 114 valence electrons. The SMILES string of the molecule is NNC(=NC1CCCCC1)NC1CCc2ccccc2C1. The van der Waals surface area contributed by atoms with Gasteiger partial charge in [0.25, 0.3) is 0 Å². The summed E-state index contributed by atoms with van der Waals surface area (Å²) in [5, 5.41) is 3.51. The van der Waals surface area contributed by atoms with Crippen molar-refractivity contribution in [3.63, 3.8) is 0 Å². The molecular weight excluding hydrogens is 260 g/mol. The summed E-state index contributed by atoms with van der Waals surface area (Å²) in [7, 11) is 0. The third kappa shape index (κ3) is 3.76. The first-order valence-electron chi connectivity index (χ1n) is 8.23. The van der Waals surface area contributed by atoms with E-state index in [9.17, 15) is 0 Å². The second-order valence-electron chi connectivity index (χ2n) is 6.27. The molecule has 0 heterocycles. The number of nitrogens with zero attached hydrogens (tertiary/aromatic N) is 1. The highest BCUT2D eigenvalue weighted by molar-refractivity contribution is 5.79. The van der Waals surface area contributed by atoms with E-state index in [1.165, 1.54) is 43.2 Å². The van der Waals surface area contributed by atoms with Crippen LogP contribution in [0.2, 0.25) is 0 Å². The third-order valence-corrected chi connectivity index (χ3v) is 4.71. The minimum absolute atomic E-state index is 0.429. The molecular formula is C17H26N4. The molecule has 1 fully saturated rings. The number of fused-ring (bicyclic) bond motifs is 1. The molecule has 1 unspecified atom stereocenters. The van der Waals surface area contributed by atoms with Gasteiger partial charge in [-0.3, -0.25) is 5.43 Å². The van der Waals surface area contributed by atoms with E-state index in [4.69, 9.17) is 10.8 Å². The van der Waals surface area contributed by atoms with Crippen LogP contribution >= 0.6 is 0 Å². The highest BCUT2D eigenvalue weighted by atomic mass is 15.3. The fourth-order valence-electron chi connectivity index (χ4n) is 3.52. The molecule has 0 aliphatic heterocycles. The van der Waals surface area contributed by atoms with E-state index in [0.29, 0.717) is 12.1 Å². The molecule has 4 nitrogen and oxygen atoms in total. The summed E-state index contributed by atoms with van der Waals surface area (Å²) in [5.74, 6) is 6.43. The smallest absolute Gasteiger partial charge is 0.206 e. The Morgan fingerprint density at radius 2 is 1.81 bits per heavy atom. The summed E-state index contributed by atoms with van der Waals surface area (Å²) in [6.45, 7) is 0. The van der Waals surface area contributed by atoms with Crippen LogP contribution in [-0.2, 0) is 12.8 Å². The van der Waals surface area contributed by atoms with Crippen molar-refractivity contribution in [2.45, 2.75) is 63.5 Å². The number of nitrogens with one attached hydrogen (secondary N) is 2. The summed E-state index contributed by atoms with van der Waals surface area (Å²) in [6, 6.07) is 9.59. The Morgan fingerprint density at radius 1 is 1.05 bits per heavy atom. The number of hydrogen-bond donors (Lipinski definition) is 3. The number of hydrazine groups is 1. The Hall–Kier alpha value is -1.55. The zero-order valence-corrected chi connectivity index (χ0v) is 12.6. The minimum Gasteiger partial charge on any atom is -0.352 e. The zero-order valence-electron chi connectivity index (χ0n) is 12.6. The second-order valence-corrected chi connectivity index (χ2v) is 6.27. The first-order valence-corrected chi connectivity index (χ1v) is 8.23. The number of nitrogens with two attached hydrogens (primary N) is 1. The van der Waals surface area contributed by atoms with Gasteiger partial charge in [-0.15, -0.1) is 0 Å². The number of aliphatic imine (C=N–C) groups is 1. The second kappa shape index (κ2) is 6.94. The Bertz CT molecular complexity index is 491. The fraction of sp³-hybridized carbons (Fsp3) is 0.588. The van der Waals surface area contributed by atoms with Crippen molar-refractivity contribution >= 4 is 5.96 Å². The predicted octanol–water partition coefficient (Wildman–Crippen LogP) is 2.29. The quantitative estimate of drug-likeness (QED) is 0.338. The monoisotopic (exact) mass is 286 g/mol. The highest BCUT2D eigenvalue weighted by Gasteiger charge is 2.20. The van der Waals surface area contributed by atoms with Crippen LogP contribution in [0.1, 0.15) is 49.7 Å². The molecule has 0 amide bonds. The van der Waals surface area contributed by atoms with Gasteiger partial charge in [-0.2, -0.15) is 0 Å². The topological polar surface area (TPSA) is 62.4 Å². The molecule has 0 saturated heterocycles. The molecule has 2 aliphatic carbocycles. The van der Waals surface area contributed by atoms with Crippen LogP contribution in [0, 0.1) is 0 Å². The van der Waals surface area contributed by atoms with Crippen LogP contribution in [0.15, 0.2) is 29.3 Å². The molecule has 4 heteroatoms. The van der Waals surface area contributed by atoms with Crippen LogP contribution < -0.4 is 16.6 Å². The van der Waals surface area contributed by atoms with Crippen LogP contribution in [0.5, 0.6) is 0 Å². The Morgan fingerprint density at radius 3 is 2.57 bits per heavy atom. The predicted molar refractivity (Wildman–Crippen MR) is 87.0 cm³/mol. The largest absolute Gasteiger partial charge is 0.352 e. The van der Waals surface area contributed by atoms with Gasteiger partial charge >= 0.3 is 0 Å². The minimum atomic E-state index is 0.429. The fourth-order valence-corrected chi connectivity index (χ4v) is 3.52. The van der Waals surface area contributed by atoms with Gasteiger partial charge in [0.2, 0.25) is 5.96 Å². The van der Waals surface area contributed by atoms with Gasteiger partial charge in [0.15, 0.2) is 0 Å². The van der Waals surface area contributed by atoms with Crippen LogP contribution in [0.4, 0.5) is 0 Å². The van der Waals surface area contributed by atoms with Crippen LogP contribution in [0.3, 0.4) is 0 Å². The van der Waals surface area contributed by atoms with Crippen molar-refractivity contribution in [2.75, 3.05) is 0 Å². The Kier molecular flexibility index (Phi) is 4.76. The van der Waals surface area contributed by atoms with E-state index in [1.54, 1.807) is 0 Å². The average molecular weight is 286 g/mol.